The van der Waals surface area contributed by atoms with Crippen LogP contribution in [0.25, 0.3) is 5.69 Å². The fourth-order valence-electron chi connectivity index (χ4n) is 4.46. The molecule has 7 heteroatoms. The van der Waals surface area contributed by atoms with Crippen LogP contribution in [-0.4, -0.2) is 24.5 Å². The first-order chi connectivity index (χ1) is 15.1. The molecule has 5 heterocycles. The third kappa shape index (κ3) is 3.51. The molecule has 1 N–H and O–H groups in total. The number of pyridine rings is 2. The number of nitrogens with zero attached hydrogens (tertiary/aromatic N) is 4. The maximum Gasteiger partial charge on any atom is 0.170 e. The van der Waals surface area contributed by atoms with Crippen molar-refractivity contribution in [3.05, 3.63) is 102 Å². The fourth-order valence-corrected chi connectivity index (χ4v) is 4.76. The van der Waals surface area contributed by atoms with E-state index in [1.54, 1.807) is 12.5 Å². The minimum Gasteiger partial charge on any atom is -0.467 e. The zero-order valence-electron chi connectivity index (χ0n) is 17.4. The first-order valence-corrected chi connectivity index (χ1v) is 10.6. The first-order valence-electron chi connectivity index (χ1n) is 10.2. The van der Waals surface area contributed by atoms with Crippen LogP contribution in [0.1, 0.15) is 40.5 Å². The number of nitrogens with one attached hydrogen (secondary N) is 1. The second kappa shape index (κ2) is 8.00. The molecule has 6 nitrogen and oxygen atoms in total. The molecule has 0 unspecified atom stereocenters. The van der Waals surface area contributed by atoms with E-state index in [0.29, 0.717) is 11.7 Å². The molecule has 1 aliphatic heterocycles. The zero-order chi connectivity index (χ0) is 21.4. The van der Waals surface area contributed by atoms with E-state index in [-0.39, 0.29) is 12.1 Å². The third-order valence-corrected chi connectivity index (χ3v) is 6.15. The van der Waals surface area contributed by atoms with E-state index in [1.807, 2.05) is 48.8 Å². The van der Waals surface area contributed by atoms with Gasteiger partial charge in [-0.15, -0.1) is 0 Å². The second-order valence-electron chi connectivity index (χ2n) is 7.71. The zero-order valence-corrected chi connectivity index (χ0v) is 18.2. The summed E-state index contributed by atoms with van der Waals surface area (Å²) < 4.78 is 7.88. The molecule has 4 aromatic heterocycles. The third-order valence-electron chi connectivity index (χ3n) is 5.80. The van der Waals surface area contributed by atoms with Gasteiger partial charge in [-0.3, -0.25) is 9.97 Å². The van der Waals surface area contributed by atoms with Crippen LogP contribution in [0.3, 0.4) is 0 Å². The Kier molecular flexibility index (Phi) is 5.03. The summed E-state index contributed by atoms with van der Waals surface area (Å²) in [6.07, 6.45) is 7.20. The van der Waals surface area contributed by atoms with E-state index in [1.165, 1.54) is 5.56 Å². The highest BCUT2D eigenvalue weighted by molar-refractivity contribution is 7.80. The number of hydrogen-bond donors (Lipinski definition) is 1. The van der Waals surface area contributed by atoms with Gasteiger partial charge in [0.25, 0.3) is 0 Å². The second-order valence-corrected chi connectivity index (χ2v) is 8.09. The Bertz CT molecular complexity index is 1190. The van der Waals surface area contributed by atoms with E-state index in [0.717, 1.165) is 28.5 Å². The molecule has 0 aromatic carbocycles. The predicted octanol–water partition coefficient (Wildman–Crippen LogP) is 4.65. The number of thiocarbonyl (C=S) groups is 1. The van der Waals surface area contributed by atoms with Crippen molar-refractivity contribution in [3.63, 3.8) is 0 Å². The van der Waals surface area contributed by atoms with E-state index < -0.39 is 0 Å². The van der Waals surface area contributed by atoms with Crippen molar-refractivity contribution in [2.24, 2.45) is 0 Å². The molecule has 1 saturated heterocycles. The lowest BCUT2D eigenvalue weighted by Gasteiger charge is -2.27. The average Bonchev–Trinajstić information content (AvgIpc) is 3.49. The maximum atomic E-state index is 5.77. The summed E-state index contributed by atoms with van der Waals surface area (Å²) in [4.78, 5) is 11.1. The number of rotatable bonds is 5. The van der Waals surface area contributed by atoms with Crippen molar-refractivity contribution in [3.8, 4) is 5.69 Å². The fraction of sp³-hybridized carbons (Fsp3) is 0.208. The largest absolute Gasteiger partial charge is 0.467 e. The van der Waals surface area contributed by atoms with Crippen molar-refractivity contribution in [2.75, 3.05) is 0 Å². The summed E-state index contributed by atoms with van der Waals surface area (Å²) in [5, 5.41) is 4.21. The van der Waals surface area contributed by atoms with Crippen LogP contribution in [0.2, 0.25) is 0 Å². The van der Waals surface area contributed by atoms with Crippen LogP contribution in [-0.2, 0) is 6.54 Å². The predicted molar refractivity (Wildman–Crippen MR) is 123 cm³/mol. The highest BCUT2D eigenvalue weighted by Crippen LogP contribution is 2.42. The van der Waals surface area contributed by atoms with Crippen LogP contribution < -0.4 is 5.32 Å². The van der Waals surface area contributed by atoms with Crippen molar-refractivity contribution in [1.82, 2.24) is 24.8 Å². The van der Waals surface area contributed by atoms with Gasteiger partial charge in [-0.25, -0.2) is 0 Å². The summed E-state index contributed by atoms with van der Waals surface area (Å²) >= 11 is 5.77. The van der Waals surface area contributed by atoms with E-state index in [4.69, 9.17) is 16.6 Å². The number of furan rings is 1. The minimum atomic E-state index is -0.0634. The molecule has 0 aliphatic carbocycles. The van der Waals surface area contributed by atoms with Crippen LogP contribution >= 0.6 is 12.2 Å². The van der Waals surface area contributed by atoms with Crippen LogP contribution in [0.5, 0.6) is 0 Å². The minimum absolute atomic E-state index is 0.0240. The van der Waals surface area contributed by atoms with Crippen molar-refractivity contribution in [2.45, 2.75) is 32.5 Å². The first kappa shape index (κ1) is 19.5. The Morgan fingerprint density at radius 3 is 2.71 bits per heavy atom. The van der Waals surface area contributed by atoms with Gasteiger partial charge in [0.2, 0.25) is 0 Å². The van der Waals surface area contributed by atoms with Gasteiger partial charge in [0, 0.05) is 23.8 Å². The Hall–Kier alpha value is -3.45. The SMILES string of the molecule is Cc1cc([C@H]2[C@H](c3ccccn3)NC(=S)N2Cc2ccco2)c(C)n1-c1cccnc1. The summed E-state index contributed by atoms with van der Waals surface area (Å²) in [7, 11) is 0. The van der Waals surface area contributed by atoms with Gasteiger partial charge in [0.1, 0.15) is 5.76 Å². The lowest BCUT2D eigenvalue weighted by molar-refractivity contribution is 0.286. The van der Waals surface area contributed by atoms with Crippen LogP contribution in [0.4, 0.5) is 0 Å². The van der Waals surface area contributed by atoms with Gasteiger partial charge >= 0.3 is 0 Å². The van der Waals surface area contributed by atoms with Gasteiger partial charge in [0.15, 0.2) is 5.11 Å². The quantitative estimate of drug-likeness (QED) is 0.466. The van der Waals surface area contributed by atoms with Gasteiger partial charge in [-0.1, -0.05) is 6.07 Å². The summed E-state index contributed by atoms with van der Waals surface area (Å²) in [5.74, 6) is 0.872. The standard InChI is InChI=1S/C24H23N5OS/c1-16-13-20(17(2)29(16)18-7-5-10-25-14-18)23-22(21-9-3-4-11-26-21)27-24(31)28(23)15-19-8-6-12-30-19/h3-14,22-23H,15H2,1-2H3,(H,27,31)/t22-,23-/m0/s1. The Morgan fingerprint density at radius 1 is 1.10 bits per heavy atom. The lowest BCUT2D eigenvalue weighted by Crippen LogP contribution is -2.29. The van der Waals surface area contributed by atoms with Gasteiger partial charge in [-0.05, 0) is 74.1 Å². The maximum absolute atomic E-state index is 5.77. The number of aryl methyl sites for hydroxylation is 1. The average molecular weight is 430 g/mol. The molecule has 0 amide bonds. The van der Waals surface area contributed by atoms with E-state index >= 15 is 0 Å². The normalized spacial score (nSPS) is 18.4. The molecule has 1 aliphatic rings. The van der Waals surface area contributed by atoms with Crippen molar-refractivity contribution in [1.29, 1.82) is 0 Å². The molecule has 2 atom stereocenters. The highest BCUT2D eigenvalue weighted by Gasteiger charge is 2.41. The molecular formula is C24H23N5OS. The molecule has 0 bridgehead atoms. The Morgan fingerprint density at radius 2 is 2.00 bits per heavy atom. The van der Waals surface area contributed by atoms with Crippen molar-refractivity contribution >= 4 is 17.3 Å². The van der Waals surface area contributed by atoms with Crippen LogP contribution in [0.15, 0.2) is 77.8 Å². The molecule has 156 valence electrons. The van der Waals surface area contributed by atoms with E-state index in [9.17, 15) is 0 Å². The summed E-state index contributed by atoms with van der Waals surface area (Å²) in [6.45, 7) is 4.86. The summed E-state index contributed by atoms with van der Waals surface area (Å²) in [5.41, 5.74) is 5.52. The molecular weight excluding hydrogens is 406 g/mol. The molecule has 4 aromatic rings. The lowest BCUT2D eigenvalue weighted by atomic mass is 9.96. The van der Waals surface area contributed by atoms with Gasteiger partial charge < -0.3 is 19.2 Å². The molecule has 31 heavy (non-hydrogen) atoms. The van der Waals surface area contributed by atoms with Crippen LogP contribution in [0, 0.1) is 13.8 Å². The Labute approximate surface area is 186 Å². The van der Waals surface area contributed by atoms with Gasteiger partial charge in [-0.2, -0.15) is 0 Å². The van der Waals surface area contributed by atoms with Crippen molar-refractivity contribution < 1.29 is 4.42 Å². The highest BCUT2D eigenvalue weighted by atomic mass is 32.1. The molecule has 5 rings (SSSR count). The molecule has 1 fully saturated rings. The number of aromatic nitrogens is 3. The molecule has 0 radical (unpaired) electrons. The molecule has 0 spiro atoms. The smallest absolute Gasteiger partial charge is 0.170 e. The Balaban J connectivity index is 1.62. The monoisotopic (exact) mass is 429 g/mol. The number of hydrogen-bond acceptors (Lipinski definition) is 4. The molecule has 0 saturated carbocycles. The topological polar surface area (TPSA) is 59.1 Å². The van der Waals surface area contributed by atoms with Gasteiger partial charge in [0.05, 0.1) is 42.5 Å². The summed E-state index contributed by atoms with van der Waals surface area (Å²) in [6, 6.07) is 16.1. The van der Waals surface area contributed by atoms with E-state index in [2.05, 4.69) is 50.7 Å².